The molecule has 0 N–H and O–H groups in total. The molecule has 1 saturated heterocycles. The van der Waals surface area contributed by atoms with Crippen LogP contribution >= 0.6 is 11.6 Å². The topological polar surface area (TPSA) is 92.0 Å². The van der Waals surface area contributed by atoms with E-state index in [-0.39, 0.29) is 23.7 Å². The molecule has 2 aromatic carbocycles. The van der Waals surface area contributed by atoms with E-state index in [2.05, 4.69) is 23.2 Å². The van der Waals surface area contributed by atoms with Crippen LogP contribution < -0.4 is 5.56 Å². The van der Waals surface area contributed by atoms with Crippen molar-refractivity contribution in [1.82, 2.24) is 24.5 Å². The molecule has 1 aliphatic heterocycles. The fourth-order valence-corrected chi connectivity index (χ4v) is 5.88. The highest BCUT2D eigenvalue weighted by molar-refractivity contribution is 6.28. The molecular formula is C33H32ClN5O3. The highest BCUT2D eigenvalue weighted by Crippen LogP contribution is 2.39. The van der Waals surface area contributed by atoms with Gasteiger partial charge in [-0.1, -0.05) is 36.4 Å². The van der Waals surface area contributed by atoms with E-state index in [1.807, 2.05) is 49.5 Å². The van der Waals surface area contributed by atoms with Crippen molar-refractivity contribution in [3.63, 3.8) is 0 Å². The number of hydrogen-bond acceptors (Lipinski definition) is 7. The maximum absolute atomic E-state index is 12.4. The van der Waals surface area contributed by atoms with Gasteiger partial charge in [0.2, 0.25) is 5.28 Å². The van der Waals surface area contributed by atoms with Crippen LogP contribution in [0.1, 0.15) is 41.9 Å². The highest BCUT2D eigenvalue weighted by Gasteiger charge is 2.42. The largest absolute Gasteiger partial charge is 0.353 e. The third kappa shape index (κ3) is 5.70. The number of pyridine rings is 1. The van der Waals surface area contributed by atoms with Crippen LogP contribution in [-0.2, 0) is 28.4 Å². The second kappa shape index (κ2) is 12.1. The summed E-state index contributed by atoms with van der Waals surface area (Å²) < 4.78 is 14.1. The van der Waals surface area contributed by atoms with E-state index in [1.165, 1.54) is 0 Å². The van der Waals surface area contributed by atoms with Crippen molar-refractivity contribution in [3.05, 3.63) is 118 Å². The molecule has 0 amide bonds. The van der Waals surface area contributed by atoms with Gasteiger partial charge in [0.25, 0.3) is 5.56 Å². The molecule has 3 aromatic heterocycles. The van der Waals surface area contributed by atoms with E-state index in [1.54, 1.807) is 30.1 Å². The lowest BCUT2D eigenvalue weighted by molar-refractivity contribution is -0.170. The van der Waals surface area contributed by atoms with Gasteiger partial charge in [0.15, 0.2) is 6.29 Å². The van der Waals surface area contributed by atoms with Gasteiger partial charge >= 0.3 is 0 Å². The number of fused-ring (bicyclic) bond motifs is 1. The Balaban J connectivity index is 1.59. The Morgan fingerprint density at radius 2 is 1.83 bits per heavy atom. The minimum Gasteiger partial charge on any atom is -0.353 e. The molecule has 0 radical (unpaired) electrons. The fraction of sp³-hybridized carbons (Fsp3) is 0.303. The number of rotatable bonds is 8. The summed E-state index contributed by atoms with van der Waals surface area (Å²) in [6.45, 7) is 2.72. The first-order chi connectivity index (χ1) is 20.4. The average Bonchev–Trinajstić information content (AvgIpc) is 3.02. The smallest absolute Gasteiger partial charge is 0.253 e. The maximum Gasteiger partial charge on any atom is 0.253 e. The van der Waals surface area contributed by atoms with Crippen LogP contribution in [-0.4, -0.2) is 44.0 Å². The van der Waals surface area contributed by atoms with Crippen molar-refractivity contribution in [2.75, 3.05) is 13.2 Å². The first-order valence-electron chi connectivity index (χ1n) is 14.1. The van der Waals surface area contributed by atoms with Crippen molar-refractivity contribution >= 4 is 22.5 Å². The summed E-state index contributed by atoms with van der Waals surface area (Å²) >= 11 is 6.62. The highest BCUT2D eigenvalue weighted by atomic mass is 35.5. The van der Waals surface area contributed by atoms with Gasteiger partial charge < -0.3 is 14.0 Å². The maximum atomic E-state index is 12.4. The molecular weight excluding hydrogens is 550 g/mol. The summed E-state index contributed by atoms with van der Waals surface area (Å²) in [6, 6.07) is 19.9. The first-order valence-corrected chi connectivity index (χ1v) is 14.5. The van der Waals surface area contributed by atoms with Crippen LogP contribution in [0.15, 0.2) is 84.0 Å². The Morgan fingerprint density at radius 3 is 2.57 bits per heavy atom. The van der Waals surface area contributed by atoms with Gasteiger partial charge in [-0.25, -0.2) is 19.9 Å². The Morgan fingerprint density at radius 1 is 1.02 bits per heavy atom. The van der Waals surface area contributed by atoms with Crippen LogP contribution in [0, 0.1) is 6.92 Å². The molecule has 1 fully saturated rings. The van der Waals surface area contributed by atoms with Crippen LogP contribution in [0.25, 0.3) is 22.0 Å². The number of aryl methyl sites for hydroxylation is 2. The average molecular weight is 582 g/mol. The summed E-state index contributed by atoms with van der Waals surface area (Å²) in [6.07, 6.45) is 8.39. The Kier molecular flexibility index (Phi) is 8.11. The monoisotopic (exact) mass is 581 g/mol. The van der Waals surface area contributed by atoms with E-state index < -0.39 is 5.41 Å². The molecule has 6 rings (SSSR count). The quantitative estimate of drug-likeness (QED) is 0.213. The van der Waals surface area contributed by atoms with Crippen LogP contribution in [0.4, 0.5) is 0 Å². The molecule has 0 bridgehead atoms. The predicted octanol–water partition coefficient (Wildman–Crippen LogP) is 5.82. The van der Waals surface area contributed by atoms with E-state index in [0.29, 0.717) is 35.6 Å². The van der Waals surface area contributed by atoms with E-state index >= 15 is 0 Å². The molecule has 2 atom stereocenters. The SMILES string of the molecule is Cc1cc(-c2ccc3nc(Cl)nc(C(COC4CCCCO4)(Cc4ccccc4)c4ncccn4)c3c2)cn(C)c1=O. The van der Waals surface area contributed by atoms with E-state index in [9.17, 15) is 4.79 Å². The molecule has 0 aliphatic carbocycles. The Bertz CT molecular complexity index is 1730. The number of nitrogens with zero attached hydrogens (tertiary/aromatic N) is 5. The minimum atomic E-state index is -0.924. The van der Waals surface area contributed by atoms with Gasteiger partial charge in [-0.3, -0.25) is 4.79 Å². The molecule has 8 nitrogen and oxygen atoms in total. The number of benzene rings is 2. The lowest BCUT2D eigenvalue weighted by Crippen LogP contribution is -2.41. The summed E-state index contributed by atoms with van der Waals surface area (Å²) in [7, 11) is 1.76. The molecule has 0 spiro atoms. The lowest BCUT2D eigenvalue weighted by Gasteiger charge is -2.35. The van der Waals surface area contributed by atoms with Gasteiger partial charge in [-0.2, -0.15) is 0 Å². The van der Waals surface area contributed by atoms with Crippen LogP contribution in [0.3, 0.4) is 0 Å². The predicted molar refractivity (Wildman–Crippen MR) is 162 cm³/mol. The molecule has 214 valence electrons. The number of aromatic nitrogens is 5. The van der Waals surface area contributed by atoms with Gasteiger partial charge in [-0.15, -0.1) is 0 Å². The number of hydrogen-bond donors (Lipinski definition) is 0. The van der Waals surface area contributed by atoms with Gasteiger partial charge in [0, 0.05) is 43.2 Å². The number of halogens is 1. The number of ether oxygens (including phenoxy) is 2. The Hall–Kier alpha value is -3.98. The second-order valence-corrected chi connectivity index (χ2v) is 11.2. The zero-order chi connectivity index (χ0) is 29.1. The summed E-state index contributed by atoms with van der Waals surface area (Å²) in [5.74, 6) is 0.573. The van der Waals surface area contributed by atoms with Crippen LogP contribution in [0.2, 0.25) is 5.28 Å². The Labute approximate surface area is 249 Å². The van der Waals surface area contributed by atoms with Crippen molar-refractivity contribution in [1.29, 1.82) is 0 Å². The molecule has 42 heavy (non-hydrogen) atoms. The summed E-state index contributed by atoms with van der Waals surface area (Å²) in [5, 5.41) is 0.936. The van der Waals surface area contributed by atoms with E-state index in [4.69, 9.17) is 36.0 Å². The summed E-state index contributed by atoms with van der Waals surface area (Å²) in [4.78, 5) is 31.4. The molecule has 0 saturated carbocycles. The van der Waals surface area contributed by atoms with Crippen molar-refractivity contribution in [3.8, 4) is 11.1 Å². The third-order valence-corrected chi connectivity index (χ3v) is 7.98. The lowest BCUT2D eigenvalue weighted by atomic mass is 9.76. The standard InChI is InChI=1S/C33H32ClN5O3/c1-22-17-25(20-39(2)30(22)40)24-12-13-27-26(18-24)29(38-32(34)37-27)33(31-35-14-8-15-36-31,19-23-9-4-3-5-10-23)21-42-28-11-6-7-16-41-28/h3-5,8-10,12-15,17-18,20,28H,6-7,11,16,19,21H2,1-2H3. The fourth-order valence-electron chi connectivity index (χ4n) is 5.70. The van der Waals surface area contributed by atoms with Gasteiger partial charge in [0.05, 0.1) is 17.8 Å². The molecule has 5 aromatic rings. The summed E-state index contributed by atoms with van der Waals surface area (Å²) in [5.41, 5.74) is 3.99. The molecule has 1 aliphatic rings. The minimum absolute atomic E-state index is 0.0273. The van der Waals surface area contributed by atoms with Crippen LogP contribution in [0.5, 0.6) is 0 Å². The molecule has 4 heterocycles. The second-order valence-electron chi connectivity index (χ2n) is 10.8. The zero-order valence-electron chi connectivity index (χ0n) is 23.7. The van der Waals surface area contributed by atoms with Crippen molar-refractivity contribution < 1.29 is 9.47 Å². The molecule has 2 unspecified atom stereocenters. The first kappa shape index (κ1) is 28.2. The zero-order valence-corrected chi connectivity index (χ0v) is 24.4. The normalized spacial score (nSPS) is 16.8. The van der Waals surface area contributed by atoms with Gasteiger partial charge in [-0.05, 0) is 85.2 Å². The van der Waals surface area contributed by atoms with Crippen molar-refractivity contribution in [2.45, 2.75) is 44.3 Å². The van der Waals surface area contributed by atoms with Crippen molar-refractivity contribution in [2.24, 2.45) is 7.05 Å². The third-order valence-electron chi connectivity index (χ3n) is 7.81. The molecule has 9 heteroatoms. The van der Waals surface area contributed by atoms with E-state index in [0.717, 1.165) is 41.3 Å². The van der Waals surface area contributed by atoms with Gasteiger partial charge in [0.1, 0.15) is 11.2 Å².